The van der Waals surface area contributed by atoms with Crippen LogP contribution in [-0.2, 0) is 11.2 Å². The zero-order valence-corrected chi connectivity index (χ0v) is 16.3. The van der Waals surface area contributed by atoms with Crippen LogP contribution in [0.4, 0.5) is 5.82 Å². The number of nitrogens with zero attached hydrogens (tertiary/aromatic N) is 3. The molecule has 0 spiro atoms. The van der Waals surface area contributed by atoms with E-state index in [2.05, 4.69) is 22.0 Å². The van der Waals surface area contributed by atoms with E-state index in [1.165, 1.54) is 5.56 Å². The second-order valence-electron chi connectivity index (χ2n) is 7.46. The molecule has 6 nitrogen and oxygen atoms in total. The summed E-state index contributed by atoms with van der Waals surface area (Å²) >= 11 is 0. The van der Waals surface area contributed by atoms with E-state index in [0.717, 1.165) is 37.5 Å². The van der Waals surface area contributed by atoms with E-state index in [-0.39, 0.29) is 5.91 Å². The number of rotatable bonds is 5. The van der Waals surface area contributed by atoms with Gasteiger partial charge in [-0.3, -0.25) is 4.79 Å². The van der Waals surface area contributed by atoms with Crippen LogP contribution in [0.1, 0.15) is 22.3 Å². The number of benzene rings is 1. The molecule has 1 amide bonds. The number of hydrogen-bond donors (Lipinski definition) is 0. The monoisotopic (exact) mass is 381 g/mol. The SMILES string of the molecule is COc1ccc(CC2CCN(c3cc(C(=O)N4CCOCC4)ccn3)C2)cc1. The van der Waals surface area contributed by atoms with Crippen LogP contribution in [0, 0.1) is 5.92 Å². The van der Waals surface area contributed by atoms with Gasteiger partial charge in [0.2, 0.25) is 0 Å². The second-order valence-corrected chi connectivity index (χ2v) is 7.46. The van der Waals surface area contributed by atoms with E-state index in [1.54, 1.807) is 13.3 Å². The third-order valence-corrected chi connectivity index (χ3v) is 5.58. The molecule has 2 aliphatic heterocycles. The Morgan fingerprint density at radius 3 is 2.71 bits per heavy atom. The van der Waals surface area contributed by atoms with Crippen LogP contribution in [0.2, 0.25) is 0 Å². The summed E-state index contributed by atoms with van der Waals surface area (Å²) in [5.74, 6) is 2.45. The summed E-state index contributed by atoms with van der Waals surface area (Å²) < 4.78 is 10.6. The van der Waals surface area contributed by atoms with Crippen LogP contribution < -0.4 is 9.64 Å². The van der Waals surface area contributed by atoms with E-state index < -0.39 is 0 Å². The van der Waals surface area contributed by atoms with Gasteiger partial charge in [-0.05, 0) is 48.6 Å². The van der Waals surface area contributed by atoms with Crippen molar-refractivity contribution < 1.29 is 14.3 Å². The highest BCUT2D eigenvalue weighted by Crippen LogP contribution is 2.26. The van der Waals surface area contributed by atoms with Gasteiger partial charge in [0.25, 0.3) is 5.91 Å². The molecule has 2 aliphatic rings. The van der Waals surface area contributed by atoms with E-state index in [9.17, 15) is 4.79 Å². The first-order valence-electron chi connectivity index (χ1n) is 9.94. The number of amides is 1. The third kappa shape index (κ3) is 4.28. The van der Waals surface area contributed by atoms with Crippen molar-refractivity contribution in [1.29, 1.82) is 0 Å². The fourth-order valence-electron chi connectivity index (χ4n) is 3.98. The van der Waals surface area contributed by atoms with Crippen LogP contribution in [0.15, 0.2) is 42.6 Å². The molecule has 2 aromatic rings. The predicted molar refractivity (Wildman–Crippen MR) is 108 cm³/mol. The van der Waals surface area contributed by atoms with Gasteiger partial charge in [-0.25, -0.2) is 4.98 Å². The Kier molecular flexibility index (Phi) is 5.76. The third-order valence-electron chi connectivity index (χ3n) is 5.58. The molecule has 0 aliphatic carbocycles. The minimum absolute atomic E-state index is 0.0703. The fraction of sp³-hybridized carbons (Fsp3) is 0.455. The second kappa shape index (κ2) is 8.61. The van der Waals surface area contributed by atoms with Crippen molar-refractivity contribution in [2.45, 2.75) is 12.8 Å². The van der Waals surface area contributed by atoms with E-state index >= 15 is 0 Å². The topological polar surface area (TPSA) is 54.9 Å². The Morgan fingerprint density at radius 2 is 1.96 bits per heavy atom. The zero-order chi connectivity index (χ0) is 19.3. The van der Waals surface area contributed by atoms with Crippen LogP contribution in [0.25, 0.3) is 0 Å². The first-order valence-corrected chi connectivity index (χ1v) is 9.94. The molecule has 0 N–H and O–H groups in total. The Morgan fingerprint density at radius 1 is 1.18 bits per heavy atom. The molecule has 28 heavy (non-hydrogen) atoms. The molecular formula is C22H27N3O3. The molecule has 0 radical (unpaired) electrons. The number of morpholine rings is 1. The Hall–Kier alpha value is -2.60. The lowest BCUT2D eigenvalue weighted by Crippen LogP contribution is -2.40. The minimum Gasteiger partial charge on any atom is -0.497 e. The maximum atomic E-state index is 12.7. The number of anilines is 1. The molecule has 2 saturated heterocycles. The first kappa shape index (κ1) is 18.7. The molecule has 3 heterocycles. The van der Waals surface area contributed by atoms with Gasteiger partial charge in [-0.15, -0.1) is 0 Å². The van der Waals surface area contributed by atoms with Crippen molar-refractivity contribution in [1.82, 2.24) is 9.88 Å². The number of pyridine rings is 1. The average molecular weight is 381 g/mol. The van der Waals surface area contributed by atoms with Gasteiger partial charge in [0, 0.05) is 37.9 Å². The van der Waals surface area contributed by atoms with Crippen LogP contribution >= 0.6 is 0 Å². The summed E-state index contributed by atoms with van der Waals surface area (Å²) in [5.41, 5.74) is 2.04. The van der Waals surface area contributed by atoms with Gasteiger partial charge in [-0.1, -0.05) is 12.1 Å². The van der Waals surface area contributed by atoms with Crippen LogP contribution in [0.3, 0.4) is 0 Å². The number of carbonyl (C=O) groups excluding carboxylic acids is 1. The minimum atomic E-state index is 0.0703. The Bertz CT molecular complexity index is 803. The fourth-order valence-corrected chi connectivity index (χ4v) is 3.98. The molecule has 1 unspecified atom stereocenters. The normalized spacial score (nSPS) is 19.7. The van der Waals surface area contributed by atoms with Crippen molar-refractivity contribution in [3.8, 4) is 5.75 Å². The molecule has 1 aromatic heterocycles. The van der Waals surface area contributed by atoms with Crippen molar-refractivity contribution in [2.24, 2.45) is 5.92 Å². The lowest BCUT2D eigenvalue weighted by Gasteiger charge is -2.27. The molecule has 6 heteroatoms. The summed E-state index contributed by atoms with van der Waals surface area (Å²) in [6.45, 7) is 4.48. The van der Waals surface area contributed by atoms with E-state index in [0.29, 0.717) is 37.8 Å². The Balaban J connectivity index is 1.38. The van der Waals surface area contributed by atoms with E-state index in [1.807, 2.05) is 29.2 Å². The van der Waals surface area contributed by atoms with Gasteiger partial charge >= 0.3 is 0 Å². The summed E-state index contributed by atoms with van der Waals surface area (Å²) in [6, 6.07) is 12.1. The summed E-state index contributed by atoms with van der Waals surface area (Å²) in [5, 5.41) is 0. The van der Waals surface area contributed by atoms with Gasteiger partial charge in [0.1, 0.15) is 11.6 Å². The highest BCUT2D eigenvalue weighted by molar-refractivity contribution is 5.95. The molecule has 148 valence electrons. The Labute approximate surface area is 166 Å². The van der Waals surface area contributed by atoms with Gasteiger partial charge in [0.15, 0.2) is 0 Å². The summed E-state index contributed by atoms with van der Waals surface area (Å²) in [4.78, 5) is 21.4. The largest absolute Gasteiger partial charge is 0.497 e. The van der Waals surface area contributed by atoms with E-state index in [4.69, 9.17) is 9.47 Å². The van der Waals surface area contributed by atoms with Crippen molar-refractivity contribution in [3.63, 3.8) is 0 Å². The number of aromatic nitrogens is 1. The average Bonchev–Trinajstić information content (AvgIpc) is 3.23. The molecule has 1 aromatic carbocycles. The summed E-state index contributed by atoms with van der Waals surface area (Å²) in [6.07, 6.45) is 3.93. The maximum Gasteiger partial charge on any atom is 0.254 e. The molecule has 1 atom stereocenters. The number of methoxy groups -OCH3 is 1. The predicted octanol–water partition coefficient (Wildman–Crippen LogP) is 2.63. The molecular weight excluding hydrogens is 354 g/mol. The molecule has 0 saturated carbocycles. The van der Waals surface area contributed by atoms with Crippen LogP contribution in [0.5, 0.6) is 5.75 Å². The van der Waals surface area contributed by atoms with Gasteiger partial charge in [-0.2, -0.15) is 0 Å². The lowest BCUT2D eigenvalue weighted by molar-refractivity contribution is 0.0303. The lowest BCUT2D eigenvalue weighted by atomic mass is 9.99. The number of ether oxygens (including phenoxy) is 2. The van der Waals surface area contributed by atoms with Crippen LogP contribution in [-0.4, -0.2) is 62.3 Å². The van der Waals surface area contributed by atoms with Gasteiger partial charge in [0.05, 0.1) is 20.3 Å². The standard InChI is InChI=1S/C22H27N3O3/c1-27-20-4-2-17(3-5-20)14-18-7-9-25(16-18)21-15-19(6-8-23-21)22(26)24-10-12-28-13-11-24/h2-6,8,15,18H,7,9-14,16H2,1H3. The highest BCUT2D eigenvalue weighted by atomic mass is 16.5. The number of hydrogen-bond acceptors (Lipinski definition) is 5. The number of carbonyl (C=O) groups is 1. The molecule has 0 bridgehead atoms. The van der Waals surface area contributed by atoms with Crippen molar-refractivity contribution >= 4 is 11.7 Å². The first-order chi connectivity index (χ1) is 13.7. The smallest absolute Gasteiger partial charge is 0.254 e. The van der Waals surface area contributed by atoms with Crippen molar-refractivity contribution in [3.05, 3.63) is 53.7 Å². The van der Waals surface area contributed by atoms with Gasteiger partial charge < -0.3 is 19.3 Å². The van der Waals surface area contributed by atoms with Crippen molar-refractivity contribution in [2.75, 3.05) is 51.4 Å². The summed E-state index contributed by atoms with van der Waals surface area (Å²) in [7, 11) is 1.69. The quantitative estimate of drug-likeness (QED) is 0.797. The molecule has 4 rings (SSSR count). The zero-order valence-electron chi connectivity index (χ0n) is 16.3. The maximum absolute atomic E-state index is 12.7. The highest BCUT2D eigenvalue weighted by Gasteiger charge is 2.25. The molecule has 2 fully saturated rings.